The van der Waals surface area contributed by atoms with Gasteiger partial charge >= 0.3 is 0 Å². The van der Waals surface area contributed by atoms with Crippen molar-refractivity contribution >= 4 is 0 Å². The molecule has 1 saturated heterocycles. The van der Waals surface area contributed by atoms with Crippen LogP contribution >= 0.6 is 0 Å². The van der Waals surface area contributed by atoms with E-state index in [1.807, 2.05) is 0 Å². The first-order valence-corrected chi connectivity index (χ1v) is 5.11. The fourth-order valence-corrected chi connectivity index (χ4v) is 1.63. The van der Waals surface area contributed by atoms with Crippen LogP contribution in [0.4, 0.5) is 0 Å². The summed E-state index contributed by atoms with van der Waals surface area (Å²) in [7, 11) is 0. The monoisotopic (exact) mass is 171 g/mol. The lowest BCUT2D eigenvalue weighted by atomic mass is 10.0. The molecule has 0 bridgehead atoms. The minimum Gasteiger partial charge on any atom is -0.375 e. The molecule has 0 aromatic heterocycles. The Hall–Kier alpha value is -0.0800. The lowest BCUT2D eigenvalue weighted by Crippen LogP contribution is -2.44. The highest BCUT2D eigenvalue weighted by molar-refractivity contribution is 4.74. The topological polar surface area (TPSA) is 12.5 Å². The third-order valence-electron chi connectivity index (χ3n) is 2.90. The first-order valence-electron chi connectivity index (χ1n) is 5.11. The van der Waals surface area contributed by atoms with Crippen LogP contribution in [-0.2, 0) is 4.74 Å². The summed E-state index contributed by atoms with van der Waals surface area (Å²) in [6, 6.07) is 0. The van der Waals surface area contributed by atoms with Crippen LogP contribution in [0.3, 0.4) is 0 Å². The van der Waals surface area contributed by atoms with Crippen LogP contribution in [0.25, 0.3) is 0 Å². The van der Waals surface area contributed by atoms with Crippen molar-refractivity contribution in [2.75, 3.05) is 26.2 Å². The second-order valence-corrected chi connectivity index (χ2v) is 3.69. The van der Waals surface area contributed by atoms with Gasteiger partial charge in [-0.05, 0) is 12.5 Å². The van der Waals surface area contributed by atoms with Crippen molar-refractivity contribution in [3.8, 4) is 0 Å². The van der Waals surface area contributed by atoms with Crippen molar-refractivity contribution < 1.29 is 4.74 Å². The van der Waals surface area contributed by atoms with E-state index in [-0.39, 0.29) is 0 Å². The van der Waals surface area contributed by atoms with E-state index in [1.54, 1.807) is 0 Å². The minimum atomic E-state index is 0.476. The number of ether oxygens (including phenoxy) is 1. The second-order valence-electron chi connectivity index (χ2n) is 3.69. The maximum Gasteiger partial charge on any atom is 0.0727 e. The van der Waals surface area contributed by atoms with Gasteiger partial charge in [-0.25, -0.2) is 0 Å². The van der Waals surface area contributed by atoms with Crippen LogP contribution < -0.4 is 0 Å². The highest BCUT2D eigenvalue weighted by atomic mass is 16.5. The van der Waals surface area contributed by atoms with Gasteiger partial charge in [-0.3, -0.25) is 4.90 Å². The lowest BCUT2D eigenvalue weighted by molar-refractivity contribution is -0.0530. The molecule has 2 unspecified atom stereocenters. The summed E-state index contributed by atoms with van der Waals surface area (Å²) in [5, 5.41) is 0. The van der Waals surface area contributed by atoms with Crippen LogP contribution in [0.5, 0.6) is 0 Å². The van der Waals surface area contributed by atoms with Crippen LogP contribution in [0.2, 0.25) is 0 Å². The Kier molecular flexibility index (Phi) is 4.02. The molecule has 0 aliphatic carbocycles. The number of likely N-dealkylation sites (N-methyl/N-ethyl adjacent to an activating group) is 1. The fraction of sp³-hybridized carbons (Fsp3) is 1.00. The molecule has 2 atom stereocenters. The molecule has 0 aromatic rings. The first kappa shape index (κ1) is 10.0. The Morgan fingerprint density at radius 3 is 2.83 bits per heavy atom. The van der Waals surface area contributed by atoms with Gasteiger partial charge in [-0.15, -0.1) is 0 Å². The van der Waals surface area contributed by atoms with E-state index in [0.29, 0.717) is 12.0 Å². The second kappa shape index (κ2) is 4.83. The number of hydrogen-bond acceptors (Lipinski definition) is 2. The van der Waals surface area contributed by atoms with Crippen LogP contribution in [0, 0.1) is 5.92 Å². The van der Waals surface area contributed by atoms with Gasteiger partial charge in [-0.2, -0.15) is 0 Å². The summed E-state index contributed by atoms with van der Waals surface area (Å²) in [5.74, 6) is 0.708. The van der Waals surface area contributed by atoms with Gasteiger partial charge in [0.25, 0.3) is 0 Å². The van der Waals surface area contributed by atoms with Gasteiger partial charge in [0.2, 0.25) is 0 Å². The van der Waals surface area contributed by atoms with E-state index in [1.165, 1.54) is 6.42 Å². The molecule has 1 aliphatic heterocycles. The van der Waals surface area contributed by atoms with Gasteiger partial charge in [0.1, 0.15) is 0 Å². The minimum absolute atomic E-state index is 0.476. The molecular formula is C10H21NO. The molecule has 1 heterocycles. The zero-order valence-corrected chi connectivity index (χ0v) is 8.55. The average Bonchev–Trinajstić information content (AvgIpc) is 2.17. The molecule has 1 aliphatic rings. The molecule has 72 valence electrons. The molecule has 2 heteroatoms. The van der Waals surface area contributed by atoms with E-state index in [0.717, 1.165) is 26.2 Å². The number of rotatable bonds is 3. The van der Waals surface area contributed by atoms with E-state index in [2.05, 4.69) is 25.7 Å². The third-order valence-corrected chi connectivity index (χ3v) is 2.90. The molecule has 1 fully saturated rings. The van der Waals surface area contributed by atoms with Gasteiger partial charge in [0.15, 0.2) is 0 Å². The molecule has 1 rings (SSSR count). The lowest BCUT2D eigenvalue weighted by Gasteiger charge is -2.34. The Morgan fingerprint density at radius 2 is 2.25 bits per heavy atom. The highest BCUT2D eigenvalue weighted by Gasteiger charge is 2.22. The van der Waals surface area contributed by atoms with Crippen LogP contribution in [-0.4, -0.2) is 37.2 Å². The Bertz CT molecular complexity index is 125. The van der Waals surface area contributed by atoms with Gasteiger partial charge < -0.3 is 4.74 Å². The van der Waals surface area contributed by atoms with Crippen molar-refractivity contribution in [2.45, 2.75) is 33.3 Å². The molecular weight excluding hydrogens is 150 g/mol. The van der Waals surface area contributed by atoms with Gasteiger partial charge in [0.05, 0.1) is 12.7 Å². The molecule has 0 aromatic carbocycles. The van der Waals surface area contributed by atoms with Crippen molar-refractivity contribution in [1.29, 1.82) is 0 Å². The molecule has 0 amide bonds. The van der Waals surface area contributed by atoms with Crippen LogP contribution in [0.15, 0.2) is 0 Å². The predicted molar refractivity (Wildman–Crippen MR) is 51.3 cm³/mol. The summed E-state index contributed by atoms with van der Waals surface area (Å²) in [4.78, 5) is 2.47. The standard InChI is InChI=1S/C10H21NO/c1-4-9(3)10-8-11(5-2)6-7-12-10/h9-10H,4-8H2,1-3H3. The van der Waals surface area contributed by atoms with Crippen molar-refractivity contribution in [1.82, 2.24) is 4.90 Å². The molecule has 2 nitrogen and oxygen atoms in total. The van der Waals surface area contributed by atoms with E-state index in [4.69, 9.17) is 4.74 Å². The van der Waals surface area contributed by atoms with Crippen molar-refractivity contribution in [3.05, 3.63) is 0 Å². The predicted octanol–water partition coefficient (Wildman–Crippen LogP) is 1.75. The highest BCUT2D eigenvalue weighted by Crippen LogP contribution is 2.15. The fourth-order valence-electron chi connectivity index (χ4n) is 1.63. The van der Waals surface area contributed by atoms with Gasteiger partial charge in [-0.1, -0.05) is 27.2 Å². The average molecular weight is 171 g/mol. The SMILES string of the molecule is CCC(C)C1CN(CC)CCO1. The van der Waals surface area contributed by atoms with Crippen molar-refractivity contribution in [2.24, 2.45) is 5.92 Å². The summed E-state index contributed by atoms with van der Waals surface area (Å²) in [6.45, 7) is 11.1. The Labute approximate surface area is 75.9 Å². The zero-order chi connectivity index (χ0) is 8.97. The number of nitrogens with zero attached hydrogens (tertiary/aromatic N) is 1. The zero-order valence-electron chi connectivity index (χ0n) is 8.55. The van der Waals surface area contributed by atoms with Crippen molar-refractivity contribution in [3.63, 3.8) is 0 Å². The molecule has 0 N–H and O–H groups in total. The summed E-state index contributed by atoms with van der Waals surface area (Å²) in [5.41, 5.74) is 0. The third kappa shape index (κ3) is 2.46. The summed E-state index contributed by atoms with van der Waals surface area (Å²) in [6.07, 6.45) is 1.70. The Morgan fingerprint density at radius 1 is 1.50 bits per heavy atom. The molecule has 0 spiro atoms. The van der Waals surface area contributed by atoms with E-state index >= 15 is 0 Å². The van der Waals surface area contributed by atoms with E-state index in [9.17, 15) is 0 Å². The largest absolute Gasteiger partial charge is 0.375 e. The number of morpholine rings is 1. The molecule has 0 saturated carbocycles. The normalized spacial score (nSPS) is 28.8. The maximum atomic E-state index is 5.72. The number of hydrogen-bond donors (Lipinski definition) is 0. The quantitative estimate of drug-likeness (QED) is 0.641. The van der Waals surface area contributed by atoms with Gasteiger partial charge in [0, 0.05) is 13.1 Å². The summed E-state index contributed by atoms with van der Waals surface area (Å²) < 4.78 is 5.72. The smallest absolute Gasteiger partial charge is 0.0727 e. The van der Waals surface area contributed by atoms with E-state index < -0.39 is 0 Å². The molecule has 0 radical (unpaired) electrons. The van der Waals surface area contributed by atoms with Crippen LogP contribution in [0.1, 0.15) is 27.2 Å². The summed E-state index contributed by atoms with van der Waals surface area (Å²) >= 11 is 0. The first-order chi connectivity index (χ1) is 5.77. The molecule has 12 heavy (non-hydrogen) atoms. The maximum absolute atomic E-state index is 5.72. The Balaban J connectivity index is 2.34.